The molecule has 3 rings (SSSR count). The fourth-order valence-electron chi connectivity index (χ4n) is 3.07. The number of fused-ring (bicyclic) bond motifs is 1. The van der Waals surface area contributed by atoms with Crippen LogP contribution in [-0.2, 0) is 14.3 Å². The Morgan fingerprint density at radius 1 is 1.28 bits per heavy atom. The number of benzene rings is 1. The van der Waals surface area contributed by atoms with Gasteiger partial charge in [-0.1, -0.05) is 29.8 Å². The number of carbonyl (C=O) groups is 2. The molecule has 0 aromatic heterocycles. The number of allylic oxidation sites excluding steroid dienone is 3. The molecule has 0 saturated carbocycles. The van der Waals surface area contributed by atoms with Gasteiger partial charge in [0.25, 0.3) is 0 Å². The molecule has 2 aliphatic heterocycles. The number of halogens is 1. The molecule has 1 unspecified atom stereocenters. The SMILES string of the molecule is COC(=O)C1=C(C)N=C2SC(C(C)=O)=C(C)N2C1c1ccccc1Cl. The van der Waals surface area contributed by atoms with Crippen molar-refractivity contribution >= 4 is 40.3 Å². The van der Waals surface area contributed by atoms with Gasteiger partial charge in [-0.15, -0.1) is 0 Å². The van der Waals surface area contributed by atoms with Gasteiger partial charge >= 0.3 is 5.97 Å². The molecule has 0 N–H and O–H groups in total. The van der Waals surface area contributed by atoms with Crippen molar-refractivity contribution in [2.75, 3.05) is 7.11 Å². The Hall–Kier alpha value is -2.05. The molecular formula is C18H17ClN2O3S. The van der Waals surface area contributed by atoms with Crippen LogP contribution in [0.4, 0.5) is 0 Å². The predicted octanol–water partition coefficient (Wildman–Crippen LogP) is 4.07. The van der Waals surface area contributed by atoms with Crippen LogP contribution in [0.25, 0.3) is 0 Å². The zero-order valence-electron chi connectivity index (χ0n) is 14.3. The van der Waals surface area contributed by atoms with Crippen molar-refractivity contribution in [1.29, 1.82) is 0 Å². The van der Waals surface area contributed by atoms with Gasteiger partial charge in [0.2, 0.25) is 0 Å². The van der Waals surface area contributed by atoms with Gasteiger partial charge in [0, 0.05) is 10.7 Å². The number of amidine groups is 1. The molecule has 0 saturated heterocycles. The molecule has 0 amide bonds. The van der Waals surface area contributed by atoms with Crippen molar-refractivity contribution in [1.82, 2.24) is 4.90 Å². The van der Waals surface area contributed by atoms with Crippen molar-refractivity contribution in [3.8, 4) is 0 Å². The number of nitrogens with zero attached hydrogens (tertiary/aromatic N) is 2. The van der Waals surface area contributed by atoms with Gasteiger partial charge in [-0.3, -0.25) is 4.79 Å². The first-order valence-corrected chi connectivity index (χ1v) is 8.87. The summed E-state index contributed by atoms with van der Waals surface area (Å²) in [5, 5.41) is 1.20. The van der Waals surface area contributed by atoms with E-state index >= 15 is 0 Å². The van der Waals surface area contributed by atoms with Crippen LogP contribution in [0.15, 0.2) is 51.1 Å². The number of hydrogen-bond donors (Lipinski definition) is 0. The highest BCUT2D eigenvalue weighted by molar-refractivity contribution is 8.18. The summed E-state index contributed by atoms with van der Waals surface area (Å²) in [6.45, 7) is 5.14. The number of thioether (sulfide) groups is 1. The lowest BCUT2D eigenvalue weighted by Crippen LogP contribution is -2.36. The van der Waals surface area contributed by atoms with Crippen LogP contribution in [0.3, 0.4) is 0 Å². The largest absolute Gasteiger partial charge is 0.466 e. The van der Waals surface area contributed by atoms with Gasteiger partial charge in [0.05, 0.1) is 29.3 Å². The van der Waals surface area contributed by atoms with Crippen molar-refractivity contribution in [2.45, 2.75) is 26.8 Å². The molecule has 2 aliphatic rings. The molecule has 0 spiro atoms. The number of ketones is 1. The Labute approximate surface area is 155 Å². The smallest absolute Gasteiger partial charge is 0.338 e. The van der Waals surface area contributed by atoms with Crippen LogP contribution in [0.2, 0.25) is 5.02 Å². The summed E-state index contributed by atoms with van der Waals surface area (Å²) in [6, 6.07) is 6.86. The summed E-state index contributed by atoms with van der Waals surface area (Å²) in [7, 11) is 1.34. The van der Waals surface area contributed by atoms with Gasteiger partial charge in [-0.2, -0.15) is 0 Å². The first-order chi connectivity index (χ1) is 11.9. The molecular weight excluding hydrogens is 360 g/mol. The van der Waals surface area contributed by atoms with E-state index in [1.165, 1.54) is 25.8 Å². The summed E-state index contributed by atoms with van der Waals surface area (Å²) in [5.41, 5.74) is 2.51. The molecule has 130 valence electrons. The summed E-state index contributed by atoms with van der Waals surface area (Å²) < 4.78 is 4.98. The molecule has 25 heavy (non-hydrogen) atoms. The van der Waals surface area contributed by atoms with Crippen molar-refractivity contribution < 1.29 is 14.3 Å². The van der Waals surface area contributed by atoms with E-state index in [2.05, 4.69) is 4.99 Å². The van der Waals surface area contributed by atoms with E-state index in [9.17, 15) is 9.59 Å². The average Bonchev–Trinajstić information content (AvgIpc) is 2.90. The number of carbonyl (C=O) groups excluding carboxylic acids is 2. The normalized spacial score (nSPS) is 19.8. The highest BCUT2D eigenvalue weighted by atomic mass is 35.5. The van der Waals surface area contributed by atoms with Crippen LogP contribution in [0.1, 0.15) is 32.4 Å². The van der Waals surface area contributed by atoms with E-state index < -0.39 is 12.0 Å². The molecule has 1 atom stereocenters. The number of rotatable bonds is 3. The van der Waals surface area contributed by atoms with Gasteiger partial charge in [-0.05, 0) is 44.2 Å². The summed E-state index contributed by atoms with van der Waals surface area (Å²) in [6.07, 6.45) is 0. The first-order valence-electron chi connectivity index (χ1n) is 7.68. The summed E-state index contributed by atoms with van der Waals surface area (Å²) in [5.74, 6) is -0.492. The standard InChI is InChI=1S/C18H17ClN2O3S/c1-9-14(17(23)24-4)15(12-7-5-6-8-13(12)19)21-10(2)16(11(3)22)25-18(21)20-9/h5-8,15H,1-4H3. The minimum absolute atomic E-state index is 0.0326. The van der Waals surface area contributed by atoms with Crippen LogP contribution in [-0.4, -0.2) is 28.9 Å². The molecule has 1 aromatic rings. The van der Waals surface area contributed by atoms with Crippen molar-refractivity contribution in [3.05, 3.63) is 56.7 Å². The number of hydrogen-bond acceptors (Lipinski definition) is 6. The Balaban J connectivity index is 2.25. The van der Waals surface area contributed by atoms with Crippen LogP contribution >= 0.6 is 23.4 Å². The first kappa shape index (κ1) is 17.8. The Kier molecular flexibility index (Phi) is 4.75. The fraction of sp³-hybridized carbons (Fsp3) is 0.278. The Morgan fingerprint density at radius 3 is 2.56 bits per heavy atom. The van der Waals surface area contributed by atoms with Crippen molar-refractivity contribution in [2.24, 2.45) is 4.99 Å². The maximum Gasteiger partial charge on any atom is 0.338 e. The monoisotopic (exact) mass is 376 g/mol. The molecule has 0 bridgehead atoms. The van der Waals surface area contributed by atoms with E-state index in [4.69, 9.17) is 16.3 Å². The highest BCUT2D eigenvalue weighted by Crippen LogP contribution is 2.48. The maximum atomic E-state index is 12.5. The van der Waals surface area contributed by atoms with E-state index in [0.29, 0.717) is 26.4 Å². The third kappa shape index (κ3) is 2.89. The second-order valence-corrected chi connectivity index (χ2v) is 7.14. The van der Waals surface area contributed by atoms with E-state index in [-0.39, 0.29) is 5.78 Å². The molecule has 2 heterocycles. The van der Waals surface area contributed by atoms with Gasteiger partial charge in [0.15, 0.2) is 11.0 Å². The number of aliphatic imine (C=N–C) groups is 1. The summed E-state index contributed by atoms with van der Waals surface area (Å²) >= 11 is 7.74. The zero-order chi connectivity index (χ0) is 18.3. The van der Waals surface area contributed by atoms with Gasteiger partial charge < -0.3 is 9.64 Å². The van der Waals surface area contributed by atoms with Crippen molar-refractivity contribution in [3.63, 3.8) is 0 Å². The minimum atomic E-state index is -0.488. The minimum Gasteiger partial charge on any atom is -0.466 e. The lowest BCUT2D eigenvalue weighted by Gasteiger charge is -2.35. The van der Waals surface area contributed by atoms with E-state index in [1.807, 2.05) is 30.0 Å². The lowest BCUT2D eigenvalue weighted by atomic mass is 9.94. The highest BCUT2D eigenvalue weighted by Gasteiger charge is 2.43. The molecule has 0 fully saturated rings. The zero-order valence-corrected chi connectivity index (χ0v) is 15.9. The predicted molar refractivity (Wildman–Crippen MR) is 99.2 cm³/mol. The maximum absolute atomic E-state index is 12.5. The van der Waals surface area contributed by atoms with Crippen LogP contribution < -0.4 is 0 Å². The molecule has 0 aliphatic carbocycles. The average molecular weight is 377 g/mol. The van der Waals surface area contributed by atoms with Gasteiger partial charge in [0.1, 0.15) is 0 Å². The second-order valence-electron chi connectivity index (χ2n) is 5.75. The van der Waals surface area contributed by atoms with Gasteiger partial charge in [-0.25, -0.2) is 9.79 Å². The number of ether oxygens (including phenoxy) is 1. The number of esters is 1. The number of methoxy groups -OCH3 is 1. The third-order valence-electron chi connectivity index (χ3n) is 4.20. The molecule has 5 nitrogen and oxygen atoms in total. The molecule has 7 heteroatoms. The topological polar surface area (TPSA) is 59.0 Å². The lowest BCUT2D eigenvalue weighted by molar-refractivity contribution is -0.136. The second kappa shape index (κ2) is 6.69. The third-order valence-corrected chi connectivity index (χ3v) is 5.80. The summed E-state index contributed by atoms with van der Waals surface area (Å²) in [4.78, 5) is 31.5. The molecule has 0 radical (unpaired) electrons. The number of Topliss-reactive ketones (excluding diaryl/α,β-unsaturated/α-hetero) is 1. The fourth-order valence-corrected chi connectivity index (χ4v) is 4.40. The molecule has 1 aromatic carbocycles. The van der Waals surface area contributed by atoms with Crippen LogP contribution in [0.5, 0.6) is 0 Å². The Morgan fingerprint density at radius 2 is 1.96 bits per heavy atom. The van der Waals surface area contributed by atoms with Crippen LogP contribution in [0, 0.1) is 0 Å². The Bertz CT molecular complexity index is 873. The van der Waals surface area contributed by atoms with E-state index in [0.717, 1.165) is 11.3 Å². The quantitative estimate of drug-likeness (QED) is 0.744. The van der Waals surface area contributed by atoms with E-state index in [1.54, 1.807) is 13.0 Å².